The molecule has 0 amide bonds. The van der Waals surface area contributed by atoms with Gasteiger partial charge in [-0.15, -0.1) is 0 Å². The number of carbonyl (C=O) groups excluding carboxylic acids is 3. The number of hydrogen-bond donors (Lipinski definition) is 0. The number of allylic oxidation sites excluding steroid dienone is 8. The normalized spacial score (nSPS) is 12.4. The number of hydrogen-bond acceptors (Lipinski definition) is 6. The number of ether oxygens (including phenoxy) is 3. The molecule has 1 unspecified atom stereocenters. The maximum Gasteiger partial charge on any atom is 0.306 e. The lowest BCUT2D eigenvalue weighted by atomic mass is 10.1. The van der Waals surface area contributed by atoms with Crippen LogP contribution in [-0.4, -0.2) is 37.2 Å². The second kappa shape index (κ2) is 46.1. The first-order valence-electron chi connectivity index (χ1n) is 24.1. The highest BCUT2D eigenvalue weighted by Crippen LogP contribution is 2.14. The van der Waals surface area contributed by atoms with Crippen molar-refractivity contribution in [2.45, 2.75) is 245 Å². The van der Waals surface area contributed by atoms with E-state index in [1.807, 2.05) is 0 Å². The van der Waals surface area contributed by atoms with E-state index < -0.39 is 6.10 Å². The van der Waals surface area contributed by atoms with Crippen molar-refractivity contribution in [3.63, 3.8) is 0 Å². The Morgan fingerprint density at radius 1 is 0.351 bits per heavy atom. The Bertz CT molecular complexity index is 1010. The van der Waals surface area contributed by atoms with Crippen molar-refractivity contribution in [2.24, 2.45) is 0 Å². The van der Waals surface area contributed by atoms with Gasteiger partial charge < -0.3 is 14.2 Å². The van der Waals surface area contributed by atoms with Crippen LogP contribution in [0, 0.1) is 0 Å². The molecule has 6 heteroatoms. The Morgan fingerprint density at radius 2 is 0.667 bits per heavy atom. The van der Waals surface area contributed by atoms with E-state index in [1.54, 1.807) is 0 Å². The lowest BCUT2D eigenvalue weighted by molar-refractivity contribution is -0.167. The minimum atomic E-state index is -0.777. The Hall–Kier alpha value is -2.63. The summed E-state index contributed by atoms with van der Waals surface area (Å²) < 4.78 is 16.7. The molecule has 0 aliphatic carbocycles. The molecule has 6 nitrogen and oxygen atoms in total. The minimum absolute atomic E-state index is 0.0801. The van der Waals surface area contributed by atoms with Crippen LogP contribution in [0.5, 0.6) is 0 Å². The molecular weight excluding hydrogens is 709 g/mol. The summed E-state index contributed by atoms with van der Waals surface area (Å²) >= 11 is 0. The van der Waals surface area contributed by atoms with Crippen LogP contribution in [0.4, 0.5) is 0 Å². The molecule has 0 aromatic carbocycles. The fraction of sp³-hybridized carbons (Fsp3) is 0.784. The van der Waals surface area contributed by atoms with E-state index in [-0.39, 0.29) is 31.1 Å². The predicted molar refractivity (Wildman–Crippen MR) is 242 cm³/mol. The highest BCUT2D eigenvalue weighted by atomic mass is 16.6. The number of unbranched alkanes of at least 4 members (excludes halogenated alkanes) is 24. The number of carbonyl (C=O) groups is 3. The number of rotatable bonds is 43. The first kappa shape index (κ1) is 54.4. The molecule has 0 rings (SSSR count). The van der Waals surface area contributed by atoms with Gasteiger partial charge in [0.1, 0.15) is 13.2 Å². The van der Waals surface area contributed by atoms with Crippen LogP contribution < -0.4 is 0 Å². The van der Waals surface area contributed by atoms with Crippen molar-refractivity contribution in [1.82, 2.24) is 0 Å². The summed E-state index contributed by atoms with van der Waals surface area (Å²) in [5.41, 5.74) is 0. The van der Waals surface area contributed by atoms with Gasteiger partial charge in [0, 0.05) is 19.3 Å². The fourth-order valence-corrected chi connectivity index (χ4v) is 6.63. The highest BCUT2D eigenvalue weighted by Gasteiger charge is 2.19. The Labute approximate surface area is 352 Å². The average Bonchev–Trinajstić information content (AvgIpc) is 3.21. The molecule has 0 heterocycles. The second-order valence-electron chi connectivity index (χ2n) is 16.0. The van der Waals surface area contributed by atoms with Crippen LogP contribution in [0.1, 0.15) is 239 Å². The van der Waals surface area contributed by atoms with Gasteiger partial charge >= 0.3 is 17.9 Å². The third-order valence-corrected chi connectivity index (χ3v) is 10.3. The smallest absolute Gasteiger partial charge is 0.306 e. The molecule has 0 radical (unpaired) electrons. The van der Waals surface area contributed by atoms with Crippen LogP contribution in [0.3, 0.4) is 0 Å². The second-order valence-corrected chi connectivity index (χ2v) is 16.0. The number of esters is 3. The molecule has 1 atom stereocenters. The Morgan fingerprint density at radius 3 is 1.07 bits per heavy atom. The maximum atomic E-state index is 12.7. The van der Waals surface area contributed by atoms with Gasteiger partial charge in [-0.25, -0.2) is 0 Å². The first-order chi connectivity index (χ1) is 28.0. The van der Waals surface area contributed by atoms with E-state index in [1.165, 1.54) is 103 Å². The molecule has 0 aliphatic rings. The molecular formula is C51H90O6. The standard InChI is InChI=1S/C51H90O6/c1-4-7-10-13-16-19-21-22-23-24-25-26-27-28-29-30-31-33-35-38-41-44-50(53)56-47-48(46-55-49(52)43-40-37-34-18-15-12-9-6-3)57-51(54)45-42-39-36-32-20-17-14-11-8-5-2/h11,14,21-22,24-25,27-28,48H,4-10,12-13,15-20,23,26,29-47H2,1-3H3/b14-11-,22-21-,25-24-,28-27-. The van der Waals surface area contributed by atoms with E-state index >= 15 is 0 Å². The average molecular weight is 799 g/mol. The maximum absolute atomic E-state index is 12.7. The van der Waals surface area contributed by atoms with Gasteiger partial charge in [0.25, 0.3) is 0 Å². The van der Waals surface area contributed by atoms with Crippen LogP contribution in [0.2, 0.25) is 0 Å². The lowest BCUT2D eigenvalue weighted by Gasteiger charge is -2.18. The molecule has 330 valence electrons. The summed E-state index contributed by atoms with van der Waals surface area (Å²) in [6.45, 7) is 6.51. The lowest BCUT2D eigenvalue weighted by Crippen LogP contribution is -2.30. The van der Waals surface area contributed by atoms with Gasteiger partial charge in [-0.05, 0) is 77.0 Å². The summed E-state index contributed by atoms with van der Waals surface area (Å²) in [7, 11) is 0. The zero-order chi connectivity index (χ0) is 41.5. The van der Waals surface area contributed by atoms with Crippen LogP contribution in [0.25, 0.3) is 0 Å². The van der Waals surface area contributed by atoms with Gasteiger partial charge in [-0.1, -0.05) is 191 Å². The van der Waals surface area contributed by atoms with Gasteiger partial charge in [-0.2, -0.15) is 0 Å². The monoisotopic (exact) mass is 799 g/mol. The summed E-state index contributed by atoms with van der Waals surface area (Å²) in [4.78, 5) is 37.7. The molecule has 0 aromatic heterocycles. The molecule has 0 saturated carbocycles. The molecule has 0 N–H and O–H groups in total. The quantitative estimate of drug-likeness (QED) is 0.0265. The summed E-state index contributed by atoms with van der Waals surface area (Å²) in [5.74, 6) is -0.908. The largest absolute Gasteiger partial charge is 0.462 e. The van der Waals surface area contributed by atoms with E-state index in [2.05, 4.69) is 69.4 Å². The summed E-state index contributed by atoms with van der Waals surface area (Å²) in [6, 6.07) is 0. The fourth-order valence-electron chi connectivity index (χ4n) is 6.63. The topological polar surface area (TPSA) is 78.9 Å². The SMILES string of the molecule is CCC/C=C\CCCCCCCC(=O)OC(COC(=O)CCCCCCCC/C=C\C/C=C\C/C=C\CCCCCCC)COC(=O)CCCCCCCCCC. The summed E-state index contributed by atoms with van der Waals surface area (Å²) in [5, 5.41) is 0. The Balaban J connectivity index is 4.25. The predicted octanol–water partition coefficient (Wildman–Crippen LogP) is 15.5. The molecule has 0 saturated heterocycles. The van der Waals surface area contributed by atoms with Gasteiger partial charge in [-0.3, -0.25) is 14.4 Å². The van der Waals surface area contributed by atoms with Crippen LogP contribution in [0.15, 0.2) is 48.6 Å². The Kier molecular flexibility index (Phi) is 43.9. The third-order valence-electron chi connectivity index (χ3n) is 10.3. The zero-order valence-electron chi connectivity index (χ0n) is 37.6. The van der Waals surface area contributed by atoms with Crippen molar-refractivity contribution < 1.29 is 28.6 Å². The van der Waals surface area contributed by atoms with Crippen LogP contribution in [-0.2, 0) is 28.6 Å². The van der Waals surface area contributed by atoms with Crippen molar-refractivity contribution in [3.05, 3.63) is 48.6 Å². The zero-order valence-corrected chi connectivity index (χ0v) is 37.6. The van der Waals surface area contributed by atoms with Gasteiger partial charge in [0.15, 0.2) is 6.10 Å². The third kappa shape index (κ3) is 44.3. The summed E-state index contributed by atoms with van der Waals surface area (Å²) in [6.07, 6.45) is 53.9. The van der Waals surface area contributed by atoms with Crippen molar-refractivity contribution in [3.8, 4) is 0 Å². The van der Waals surface area contributed by atoms with Gasteiger partial charge in [0.05, 0.1) is 0 Å². The van der Waals surface area contributed by atoms with E-state index in [0.717, 1.165) is 96.3 Å². The minimum Gasteiger partial charge on any atom is -0.462 e. The molecule has 0 bridgehead atoms. The molecule has 0 aromatic rings. The van der Waals surface area contributed by atoms with E-state index in [0.29, 0.717) is 19.3 Å². The van der Waals surface area contributed by atoms with E-state index in [9.17, 15) is 14.4 Å². The molecule has 0 fully saturated rings. The van der Waals surface area contributed by atoms with Crippen LogP contribution >= 0.6 is 0 Å². The van der Waals surface area contributed by atoms with Crippen molar-refractivity contribution in [2.75, 3.05) is 13.2 Å². The van der Waals surface area contributed by atoms with Gasteiger partial charge in [0.2, 0.25) is 0 Å². The highest BCUT2D eigenvalue weighted by molar-refractivity contribution is 5.71. The first-order valence-corrected chi connectivity index (χ1v) is 24.1. The molecule has 57 heavy (non-hydrogen) atoms. The molecule has 0 spiro atoms. The van der Waals surface area contributed by atoms with Crippen molar-refractivity contribution in [1.29, 1.82) is 0 Å². The molecule has 0 aliphatic heterocycles. The van der Waals surface area contributed by atoms with Crippen molar-refractivity contribution >= 4 is 17.9 Å². The van der Waals surface area contributed by atoms with E-state index in [4.69, 9.17) is 14.2 Å².